The van der Waals surface area contributed by atoms with Crippen LogP contribution in [-0.2, 0) is 4.74 Å². The van der Waals surface area contributed by atoms with Crippen molar-refractivity contribution in [1.29, 1.82) is 0 Å². The molecule has 1 aromatic rings. The van der Waals surface area contributed by atoms with Crippen LogP contribution >= 0.6 is 12.2 Å². The molecule has 0 aromatic heterocycles. The number of thiocarbonyl (C=S) groups is 1. The van der Waals surface area contributed by atoms with Gasteiger partial charge in [-0.2, -0.15) is 0 Å². The van der Waals surface area contributed by atoms with Crippen LogP contribution in [0.1, 0.15) is 33.6 Å². The maximum atomic E-state index is 12.3. The Morgan fingerprint density at radius 3 is 2.38 bits per heavy atom. The van der Waals surface area contributed by atoms with Crippen LogP contribution in [0, 0.1) is 0 Å². The van der Waals surface area contributed by atoms with E-state index < -0.39 is 11.8 Å². The molecule has 2 rings (SSSR count). The third-order valence-corrected chi connectivity index (χ3v) is 4.13. The van der Waals surface area contributed by atoms with Crippen LogP contribution in [-0.4, -0.2) is 28.4 Å². The Hall–Kier alpha value is -1.66. The number of amides is 1. The lowest BCUT2D eigenvalue weighted by Crippen LogP contribution is -2.54. The maximum absolute atomic E-state index is 12.3. The molecule has 0 radical (unpaired) electrons. The van der Waals surface area contributed by atoms with Gasteiger partial charge in [-0.15, -0.1) is 0 Å². The molecule has 0 aliphatic carbocycles. The van der Waals surface area contributed by atoms with Gasteiger partial charge in [-0.05, 0) is 44.1 Å². The molecule has 0 atom stereocenters. The second-order valence-electron chi connectivity index (χ2n) is 4.84. The highest BCUT2D eigenvalue weighted by Crippen LogP contribution is 2.32. The van der Waals surface area contributed by atoms with Crippen molar-refractivity contribution in [1.82, 2.24) is 10.3 Å². The summed E-state index contributed by atoms with van der Waals surface area (Å²) in [6.45, 7) is 6.17. The fraction of sp³-hybridized carbons (Fsp3) is 0.467. The van der Waals surface area contributed by atoms with Crippen molar-refractivity contribution in [2.75, 3.05) is 11.6 Å². The van der Waals surface area contributed by atoms with Gasteiger partial charge in [0, 0.05) is 0 Å². The minimum Gasteiger partial charge on any atom is -0.449 e. The number of hydrazine groups is 1. The number of hydrogen-bond acceptors (Lipinski definition) is 4. The largest absolute Gasteiger partial charge is 0.449 e. The number of rotatable bonds is 4. The van der Waals surface area contributed by atoms with Crippen molar-refractivity contribution in [3.05, 3.63) is 30.3 Å². The number of nitrogens with zero attached hydrogens (tertiary/aromatic N) is 2. The average molecular weight is 307 g/mol. The molecule has 0 spiro atoms. The fourth-order valence-corrected chi connectivity index (χ4v) is 2.91. The Balaban J connectivity index is 2.38. The van der Waals surface area contributed by atoms with Crippen molar-refractivity contribution in [2.24, 2.45) is 0 Å². The molecule has 1 fully saturated rings. The standard InChI is InChI=1S/C15H21N3O2S/c1-4-15(5-2)16-18(12-10-8-7-9-11-12)13(21)17(15)14(19)20-6-3/h7-11,16H,4-6H2,1-3H3. The van der Waals surface area contributed by atoms with Crippen LogP contribution < -0.4 is 10.4 Å². The predicted molar refractivity (Wildman–Crippen MR) is 86.8 cm³/mol. The Bertz CT molecular complexity index is 517. The van der Waals surface area contributed by atoms with Gasteiger partial charge in [-0.1, -0.05) is 32.0 Å². The highest BCUT2D eigenvalue weighted by molar-refractivity contribution is 7.80. The van der Waals surface area contributed by atoms with E-state index in [-0.39, 0.29) is 0 Å². The first kappa shape index (κ1) is 15.7. The molecule has 1 aliphatic rings. The molecule has 1 aromatic carbocycles. The first-order valence-electron chi connectivity index (χ1n) is 7.23. The number of benzene rings is 1. The summed E-state index contributed by atoms with van der Waals surface area (Å²) < 4.78 is 5.17. The van der Waals surface area contributed by atoms with E-state index in [1.54, 1.807) is 16.8 Å². The second-order valence-corrected chi connectivity index (χ2v) is 5.20. The highest BCUT2D eigenvalue weighted by atomic mass is 32.1. The summed E-state index contributed by atoms with van der Waals surface area (Å²) in [6.07, 6.45) is 1.05. The average Bonchev–Trinajstić information content (AvgIpc) is 2.82. The smallest absolute Gasteiger partial charge is 0.417 e. The zero-order chi connectivity index (χ0) is 15.5. The Morgan fingerprint density at radius 1 is 1.24 bits per heavy atom. The highest BCUT2D eigenvalue weighted by Gasteiger charge is 2.49. The quantitative estimate of drug-likeness (QED) is 0.865. The lowest BCUT2D eigenvalue weighted by Gasteiger charge is -2.33. The topological polar surface area (TPSA) is 44.8 Å². The summed E-state index contributed by atoms with van der Waals surface area (Å²) in [5, 5.41) is 2.20. The van der Waals surface area contributed by atoms with E-state index in [2.05, 4.69) is 5.43 Å². The van der Waals surface area contributed by atoms with Crippen molar-refractivity contribution >= 4 is 29.1 Å². The van der Waals surface area contributed by atoms with Gasteiger partial charge in [-0.3, -0.25) is 0 Å². The van der Waals surface area contributed by atoms with Crippen LogP contribution in [0.4, 0.5) is 10.5 Å². The number of anilines is 1. The summed E-state index contributed by atoms with van der Waals surface area (Å²) in [6, 6.07) is 9.71. The summed E-state index contributed by atoms with van der Waals surface area (Å²) >= 11 is 5.50. The molecule has 0 unspecified atom stereocenters. The molecule has 5 nitrogen and oxygen atoms in total. The number of para-hydroxylation sites is 1. The van der Waals surface area contributed by atoms with Crippen LogP contribution in [0.15, 0.2) is 30.3 Å². The van der Waals surface area contributed by atoms with Gasteiger partial charge >= 0.3 is 6.09 Å². The van der Waals surface area contributed by atoms with Gasteiger partial charge in [-0.25, -0.2) is 20.1 Å². The van der Waals surface area contributed by atoms with Gasteiger partial charge in [0.05, 0.1) is 12.3 Å². The van der Waals surface area contributed by atoms with Crippen molar-refractivity contribution < 1.29 is 9.53 Å². The molecular formula is C15H21N3O2S. The molecule has 1 heterocycles. The van der Waals surface area contributed by atoms with Crippen molar-refractivity contribution in [3.8, 4) is 0 Å². The van der Waals surface area contributed by atoms with Gasteiger partial charge in [0.2, 0.25) is 5.11 Å². The van der Waals surface area contributed by atoms with Gasteiger partial charge < -0.3 is 4.74 Å². The zero-order valence-electron chi connectivity index (χ0n) is 12.6. The normalized spacial score (nSPS) is 17.2. The molecule has 114 valence electrons. The lowest BCUT2D eigenvalue weighted by atomic mass is 10.0. The van der Waals surface area contributed by atoms with E-state index in [0.29, 0.717) is 11.7 Å². The summed E-state index contributed by atoms with van der Waals surface area (Å²) in [5.41, 5.74) is 3.74. The number of carbonyl (C=O) groups excluding carboxylic acids is 1. The molecule has 1 N–H and O–H groups in total. The van der Waals surface area contributed by atoms with E-state index in [4.69, 9.17) is 17.0 Å². The number of nitrogens with one attached hydrogen (secondary N) is 1. The fourth-order valence-electron chi connectivity index (χ4n) is 2.51. The SMILES string of the molecule is CCOC(=O)N1C(=S)N(c2ccccc2)NC1(CC)CC. The van der Waals surface area contributed by atoms with Crippen LogP contribution in [0.25, 0.3) is 0 Å². The third kappa shape index (κ3) is 2.73. The first-order valence-corrected chi connectivity index (χ1v) is 7.64. The molecule has 0 saturated carbocycles. The molecule has 1 aliphatic heterocycles. The second kappa shape index (κ2) is 6.41. The summed E-state index contributed by atoms with van der Waals surface area (Å²) in [4.78, 5) is 13.9. The molecule has 0 bridgehead atoms. The zero-order valence-corrected chi connectivity index (χ0v) is 13.4. The van der Waals surface area contributed by atoms with E-state index in [1.165, 1.54) is 0 Å². The van der Waals surface area contributed by atoms with Gasteiger partial charge in [0.25, 0.3) is 0 Å². The molecule has 21 heavy (non-hydrogen) atoms. The minimum atomic E-state index is -0.542. The van der Waals surface area contributed by atoms with Gasteiger partial charge in [0.15, 0.2) is 0 Å². The van der Waals surface area contributed by atoms with E-state index >= 15 is 0 Å². The Morgan fingerprint density at radius 2 is 1.86 bits per heavy atom. The van der Waals surface area contributed by atoms with E-state index in [0.717, 1.165) is 18.5 Å². The van der Waals surface area contributed by atoms with E-state index in [1.807, 2.05) is 44.2 Å². The van der Waals surface area contributed by atoms with Crippen LogP contribution in [0.2, 0.25) is 0 Å². The van der Waals surface area contributed by atoms with Crippen LogP contribution in [0.5, 0.6) is 0 Å². The number of carbonyl (C=O) groups is 1. The van der Waals surface area contributed by atoms with Crippen molar-refractivity contribution in [2.45, 2.75) is 39.3 Å². The van der Waals surface area contributed by atoms with Crippen LogP contribution in [0.3, 0.4) is 0 Å². The molecular weight excluding hydrogens is 286 g/mol. The maximum Gasteiger partial charge on any atom is 0.417 e. The Labute approximate surface area is 130 Å². The number of hydrogen-bond donors (Lipinski definition) is 1. The van der Waals surface area contributed by atoms with Crippen molar-refractivity contribution in [3.63, 3.8) is 0 Å². The molecule has 6 heteroatoms. The molecule has 1 amide bonds. The Kier molecular flexibility index (Phi) is 4.80. The number of ether oxygens (including phenoxy) is 1. The lowest BCUT2D eigenvalue weighted by molar-refractivity contribution is 0.0853. The first-order chi connectivity index (χ1) is 10.1. The minimum absolute atomic E-state index is 0.326. The molecule has 1 saturated heterocycles. The van der Waals surface area contributed by atoms with Gasteiger partial charge in [0.1, 0.15) is 5.66 Å². The van der Waals surface area contributed by atoms with E-state index in [9.17, 15) is 4.79 Å². The third-order valence-electron chi connectivity index (χ3n) is 3.77. The monoisotopic (exact) mass is 307 g/mol. The summed E-state index contributed by atoms with van der Waals surface area (Å²) in [5.74, 6) is 0. The summed E-state index contributed by atoms with van der Waals surface area (Å²) in [7, 11) is 0. The predicted octanol–water partition coefficient (Wildman–Crippen LogP) is 3.27.